The number of anilines is 3. The van der Waals surface area contributed by atoms with Crippen LogP contribution in [-0.4, -0.2) is 57.2 Å². The molecule has 2 aliphatic rings. The highest BCUT2D eigenvalue weighted by Gasteiger charge is 2.23. The van der Waals surface area contributed by atoms with E-state index in [2.05, 4.69) is 72.8 Å². The number of methoxy groups -OCH3 is 2. The first-order valence-electron chi connectivity index (χ1n) is 15.8. The Hall–Kier alpha value is -5.39. The number of nitrogens with zero attached hydrogens (tertiary/aromatic N) is 8. The summed E-state index contributed by atoms with van der Waals surface area (Å²) < 4.78 is 11.0. The predicted octanol–water partition coefficient (Wildman–Crippen LogP) is 4.83. The van der Waals surface area contributed by atoms with Gasteiger partial charge in [0.25, 0.3) is 0 Å². The van der Waals surface area contributed by atoms with Crippen molar-refractivity contribution in [2.45, 2.75) is 39.0 Å². The van der Waals surface area contributed by atoms with Crippen molar-refractivity contribution in [3.8, 4) is 17.8 Å². The van der Waals surface area contributed by atoms with E-state index in [9.17, 15) is 5.26 Å². The average molecular weight is 723 g/mol. The monoisotopic (exact) mass is 721 g/mol. The normalized spacial score (nSPS) is 13.1. The first-order valence-corrected chi connectivity index (χ1v) is 16.6. The zero-order chi connectivity index (χ0) is 34.0. The molecule has 0 spiro atoms. The minimum absolute atomic E-state index is 0.589. The number of rotatable bonds is 9. The van der Waals surface area contributed by atoms with Crippen LogP contribution in [0.25, 0.3) is 0 Å². The van der Waals surface area contributed by atoms with E-state index in [4.69, 9.17) is 9.47 Å². The van der Waals surface area contributed by atoms with Gasteiger partial charge in [0.15, 0.2) is 0 Å². The van der Waals surface area contributed by atoms with Crippen molar-refractivity contribution in [3.05, 3.63) is 111 Å². The second-order valence-corrected chi connectivity index (χ2v) is 12.2. The lowest BCUT2D eigenvalue weighted by atomic mass is 10.0. The van der Waals surface area contributed by atoms with Gasteiger partial charge in [0.1, 0.15) is 30.4 Å². The Bertz CT molecular complexity index is 1920. The maximum absolute atomic E-state index is 9.52. The number of nitrogens with one attached hydrogen (secondary N) is 3. The molecule has 5 aromatic rings. The molecule has 0 unspecified atom stereocenters. The van der Waals surface area contributed by atoms with Gasteiger partial charge in [-0.1, -0.05) is 28.1 Å². The maximum atomic E-state index is 9.52. The van der Waals surface area contributed by atoms with Gasteiger partial charge in [-0.2, -0.15) is 5.26 Å². The standard InChI is InChI=1S/C21H19BrN6O.C14H17N5O/c1-29-20-5-2-14(10-24-20)11-25-21-17-12-28(7-6-18(17)26-13-27-21)19-4-3-16(22)8-15(19)9-23;1-20-13-3-2-10(6-16-13)7-17-14-11-8-15-5-4-12(11)18-9-19-14/h2-5,8,10,13H,6-7,11-12H2,1H3,(H,25,26,27);2-3,6,9,15H,4-5,7-8H2,1H3,(H,17,18,19). The third kappa shape index (κ3) is 8.37. The molecule has 0 radical (unpaired) electrons. The first-order chi connectivity index (χ1) is 24.0. The minimum atomic E-state index is 0.589. The van der Waals surface area contributed by atoms with Crippen molar-refractivity contribution >= 4 is 33.3 Å². The van der Waals surface area contributed by atoms with Crippen LogP contribution in [-0.2, 0) is 39.0 Å². The largest absolute Gasteiger partial charge is 0.481 e. The molecule has 0 aliphatic carbocycles. The van der Waals surface area contributed by atoms with E-state index in [0.29, 0.717) is 37.0 Å². The van der Waals surface area contributed by atoms with Crippen LogP contribution in [0.5, 0.6) is 11.8 Å². The molecular formula is C35H36BrN11O2. The van der Waals surface area contributed by atoms with Crippen molar-refractivity contribution in [3.63, 3.8) is 0 Å². The number of ether oxygens (including phenoxy) is 2. The summed E-state index contributed by atoms with van der Waals surface area (Å²) in [4.78, 5) is 28.2. The smallest absolute Gasteiger partial charge is 0.212 e. The number of hydrogen-bond acceptors (Lipinski definition) is 13. The molecule has 49 heavy (non-hydrogen) atoms. The second-order valence-electron chi connectivity index (χ2n) is 11.3. The fourth-order valence-corrected chi connectivity index (χ4v) is 6.00. The summed E-state index contributed by atoms with van der Waals surface area (Å²) >= 11 is 3.44. The lowest BCUT2D eigenvalue weighted by molar-refractivity contribution is 0.397. The van der Waals surface area contributed by atoms with Crippen molar-refractivity contribution in [2.24, 2.45) is 0 Å². The summed E-state index contributed by atoms with van der Waals surface area (Å²) in [5.74, 6) is 2.92. The van der Waals surface area contributed by atoms with Gasteiger partial charge in [-0.15, -0.1) is 0 Å². The van der Waals surface area contributed by atoms with E-state index in [1.165, 1.54) is 5.56 Å². The molecular weight excluding hydrogens is 686 g/mol. The summed E-state index contributed by atoms with van der Waals surface area (Å²) in [6.45, 7) is 4.53. The van der Waals surface area contributed by atoms with Crippen LogP contribution in [0.3, 0.4) is 0 Å². The van der Waals surface area contributed by atoms with Crippen LogP contribution in [0.4, 0.5) is 17.3 Å². The zero-order valence-electron chi connectivity index (χ0n) is 27.3. The minimum Gasteiger partial charge on any atom is -0.481 e. The summed E-state index contributed by atoms with van der Waals surface area (Å²) in [6, 6.07) is 15.7. The van der Waals surface area contributed by atoms with Crippen molar-refractivity contribution in [1.82, 2.24) is 35.2 Å². The molecule has 250 valence electrons. The van der Waals surface area contributed by atoms with Gasteiger partial charge in [-0.05, 0) is 29.3 Å². The van der Waals surface area contributed by atoms with Gasteiger partial charge < -0.3 is 30.3 Å². The molecule has 14 heteroatoms. The molecule has 7 rings (SSSR count). The molecule has 6 heterocycles. The van der Waals surface area contributed by atoms with Gasteiger partial charge >= 0.3 is 0 Å². The highest BCUT2D eigenvalue weighted by molar-refractivity contribution is 9.10. The molecule has 0 amide bonds. The third-order valence-electron chi connectivity index (χ3n) is 8.23. The molecule has 3 N–H and O–H groups in total. The number of benzene rings is 1. The molecule has 0 bridgehead atoms. The Labute approximate surface area is 293 Å². The van der Waals surface area contributed by atoms with Crippen LogP contribution in [0, 0.1) is 11.3 Å². The van der Waals surface area contributed by atoms with Gasteiger partial charge in [-0.3, -0.25) is 0 Å². The quantitative estimate of drug-likeness (QED) is 0.190. The van der Waals surface area contributed by atoms with Gasteiger partial charge in [0.2, 0.25) is 11.8 Å². The SMILES string of the molecule is COc1ccc(CNc2ncnc3c2CN(c2ccc(Br)cc2C#N)CC3)cn1.COc1ccc(CNc2ncnc3c2CNCC3)cn1. The van der Waals surface area contributed by atoms with Crippen LogP contribution < -0.4 is 30.3 Å². The lowest BCUT2D eigenvalue weighted by Crippen LogP contribution is -2.32. The molecule has 0 fully saturated rings. The van der Waals surface area contributed by atoms with Crippen molar-refractivity contribution < 1.29 is 9.47 Å². The van der Waals surface area contributed by atoms with Crippen molar-refractivity contribution in [1.29, 1.82) is 5.26 Å². The molecule has 0 atom stereocenters. The predicted molar refractivity (Wildman–Crippen MR) is 189 cm³/mol. The number of aromatic nitrogens is 6. The summed E-state index contributed by atoms with van der Waals surface area (Å²) in [5, 5.41) is 19.6. The van der Waals surface area contributed by atoms with Crippen molar-refractivity contribution in [2.75, 3.05) is 42.8 Å². The molecule has 1 aromatic carbocycles. The highest BCUT2D eigenvalue weighted by atomic mass is 79.9. The average Bonchev–Trinajstić information content (AvgIpc) is 3.16. The Morgan fingerprint density at radius 2 is 1.45 bits per heavy atom. The fourth-order valence-electron chi connectivity index (χ4n) is 5.64. The Kier molecular flexibility index (Phi) is 11.0. The molecule has 13 nitrogen and oxygen atoms in total. The fraction of sp³-hybridized carbons (Fsp3) is 0.286. The van der Waals surface area contributed by atoms with E-state index < -0.39 is 0 Å². The third-order valence-corrected chi connectivity index (χ3v) is 8.72. The van der Waals surface area contributed by atoms with Gasteiger partial charge in [-0.25, -0.2) is 29.9 Å². The van der Waals surface area contributed by atoms with Crippen LogP contribution >= 0.6 is 15.9 Å². The highest BCUT2D eigenvalue weighted by Crippen LogP contribution is 2.31. The van der Waals surface area contributed by atoms with E-state index in [1.807, 2.05) is 42.5 Å². The molecule has 0 saturated heterocycles. The van der Waals surface area contributed by atoms with E-state index in [-0.39, 0.29) is 0 Å². The van der Waals surface area contributed by atoms with Gasteiger partial charge in [0, 0.05) is 92.2 Å². The van der Waals surface area contributed by atoms with E-state index in [1.54, 1.807) is 39.3 Å². The summed E-state index contributed by atoms with van der Waals surface area (Å²) in [6.07, 6.45) is 8.57. The first kappa shape index (κ1) is 33.5. The van der Waals surface area contributed by atoms with E-state index in [0.717, 1.165) is 82.3 Å². The lowest BCUT2D eigenvalue weighted by Gasteiger charge is -2.31. The Balaban J connectivity index is 0.000000182. The molecule has 0 saturated carbocycles. The summed E-state index contributed by atoms with van der Waals surface area (Å²) in [5.41, 5.74) is 8.10. The molecule has 2 aliphatic heterocycles. The van der Waals surface area contributed by atoms with Crippen LogP contribution in [0.15, 0.2) is 72.0 Å². The Morgan fingerprint density at radius 3 is 2.04 bits per heavy atom. The maximum Gasteiger partial charge on any atom is 0.212 e. The second kappa shape index (κ2) is 16.1. The number of fused-ring (bicyclic) bond motifs is 2. The van der Waals surface area contributed by atoms with Crippen LogP contribution in [0.1, 0.15) is 39.2 Å². The Morgan fingerprint density at radius 1 is 0.816 bits per heavy atom. The number of halogens is 1. The number of nitriles is 1. The van der Waals surface area contributed by atoms with Crippen LogP contribution in [0.2, 0.25) is 0 Å². The number of pyridine rings is 2. The zero-order valence-corrected chi connectivity index (χ0v) is 28.9. The topological polar surface area (TPSA) is 159 Å². The number of hydrogen-bond donors (Lipinski definition) is 3. The van der Waals surface area contributed by atoms with E-state index >= 15 is 0 Å². The van der Waals surface area contributed by atoms with Gasteiger partial charge in [0.05, 0.1) is 36.9 Å². The summed E-state index contributed by atoms with van der Waals surface area (Å²) in [7, 11) is 3.21. The molecule has 4 aromatic heterocycles.